The third kappa shape index (κ3) is 1.85. The van der Waals surface area contributed by atoms with Crippen molar-refractivity contribution in [3.8, 4) is 0 Å². The molecule has 1 aromatic carbocycles. The lowest BCUT2D eigenvalue weighted by Gasteiger charge is -2.15. The van der Waals surface area contributed by atoms with Gasteiger partial charge in [0.25, 0.3) is 0 Å². The second-order valence-corrected chi connectivity index (χ2v) is 3.73. The Morgan fingerprint density at radius 3 is 2.80 bits per heavy atom. The van der Waals surface area contributed by atoms with Gasteiger partial charge in [0.15, 0.2) is 0 Å². The van der Waals surface area contributed by atoms with E-state index in [0.717, 1.165) is 0 Å². The number of carboxylic acids is 1. The number of aliphatic carboxylic acids is 1. The summed E-state index contributed by atoms with van der Waals surface area (Å²) in [5.74, 6) is -1.98. The van der Waals surface area contributed by atoms with E-state index in [1.807, 2.05) is 0 Å². The minimum absolute atomic E-state index is 0.260. The largest absolute Gasteiger partial charge is 0.481 e. The average Bonchev–Trinajstić information content (AvgIpc) is 2.67. The van der Waals surface area contributed by atoms with E-state index < -0.39 is 11.9 Å². The van der Waals surface area contributed by atoms with Crippen LogP contribution in [0.2, 0.25) is 0 Å². The van der Waals surface area contributed by atoms with Crippen LogP contribution in [0.4, 0.5) is 4.39 Å². The monoisotopic (exact) mass is 209 g/mol. The van der Waals surface area contributed by atoms with Gasteiger partial charge >= 0.3 is 5.97 Å². The summed E-state index contributed by atoms with van der Waals surface area (Å²) >= 11 is 0. The summed E-state index contributed by atoms with van der Waals surface area (Å²) < 4.78 is 13.5. The van der Waals surface area contributed by atoms with Crippen LogP contribution in [0, 0.1) is 11.7 Å². The van der Waals surface area contributed by atoms with Crippen LogP contribution in [0.25, 0.3) is 0 Å². The van der Waals surface area contributed by atoms with Crippen LogP contribution < -0.4 is 5.32 Å². The van der Waals surface area contributed by atoms with Gasteiger partial charge in [-0.25, -0.2) is 4.39 Å². The Labute approximate surface area is 86.9 Å². The first-order chi connectivity index (χ1) is 7.20. The van der Waals surface area contributed by atoms with Crippen molar-refractivity contribution in [3.63, 3.8) is 0 Å². The molecule has 1 aromatic rings. The van der Waals surface area contributed by atoms with Crippen LogP contribution in [0.5, 0.6) is 0 Å². The van der Waals surface area contributed by atoms with Crippen LogP contribution in [0.3, 0.4) is 0 Å². The average molecular weight is 209 g/mol. The third-order valence-corrected chi connectivity index (χ3v) is 2.84. The molecule has 80 valence electrons. The molecule has 1 saturated heterocycles. The number of hydrogen-bond acceptors (Lipinski definition) is 2. The molecule has 0 unspecified atom stereocenters. The zero-order valence-corrected chi connectivity index (χ0v) is 8.11. The Morgan fingerprint density at radius 2 is 2.13 bits per heavy atom. The van der Waals surface area contributed by atoms with Crippen molar-refractivity contribution in [1.82, 2.24) is 5.32 Å². The first kappa shape index (κ1) is 10.1. The topological polar surface area (TPSA) is 49.3 Å². The summed E-state index contributed by atoms with van der Waals surface area (Å²) in [7, 11) is 0. The molecule has 0 aromatic heterocycles. The number of hydrogen-bond donors (Lipinski definition) is 2. The molecule has 15 heavy (non-hydrogen) atoms. The molecule has 4 heteroatoms. The quantitative estimate of drug-likeness (QED) is 0.769. The van der Waals surface area contributed by atoms with Crippen molar-refractivity contribution in [2.24, 2.45) is 5.92 Å². The van der Waals surface area contributed by atoms with Gasteiger partial charge in [0.05, 0.1) is 5.92 Å². The zero-order chi connectivity index (χ0) is 10.8. The number of halogens is 1. The normalized spacial score (nSPS) is 25.4. The number of rotatable bonds is 2. The van der Waals surface area contributed by atoms with Gasteiger partial charge in [0.2, 0.25) is 0 Å². The molecule has 0 aliphatic carbocycles. The van der Waals surface area contributed by atoms with Crippen LogP contribution in [-0.4, -0.2) is 24.2 Å². The van der Waals surface area contributed by atoms with Crippen molar-refractivity contribution < 1.29 is 14.3 Å². The fourth-order valence-electron chi connectivity index (χ4n) is 2.04. The second-order valence-electron chi connectivity index (χ2n) is 3.73. The van der Waals surface area contributed by atoms with E-state index in [2.05, 4.69) is 5.32 Å². The van der Waals surface area contributed by atoms with Gasteiger partial charge < -0.3 is 10.4 Å². The molecule has 2 rings (SSSR count). The molecular weight excluding hydrogens is 197 g/mol. The van der Waals surface area contributed by atoms with Crippen molar-refractivity contribution in [2.45, 2.75) is 5.92 Å². The highest BCUT2D eigenvalue weighted by Gasteiger charge is 2.35. The van der Waals surface area contributed by atoms with Crippen LogP contribution >= 0.6 is 0 Å². The summed E-state index contributed by atoms with van der Waals surface area (Å²) in [5.41, 5.74) is 0.495. The standard InChI is InChI=1S/C11H12FNO2/c12-10-4-2-1-3-7(10)8-5-13-6-9(8)11(14)15/h1-4,8-9,13H,5-6H2,(H,14,15)/t8-,9+/m0/s1. The molecule has 0 radical (unpaired) electrons. The Morgan fingerprint density at radius 1 is 1.40 bits per heavy atom. The summed E-state index contributed by atoms with van der Waals surface area (Å²) in [6.45, 7) is 0.937. The summed E-state index contributed by atoms with van der Waals surface area (Å²) in [6.07, 6.45) is 0. The van der Waals surface area contributed by atoms with E-state index in [1.54, 1.807) is 18.2 Å². The molecule has 2 N–H and O–H groups in total. The summed E-state index contributed by atoms with van der Waals surface area (Å²) in [5, 5.41) is 12.0. The third-order valence-electron chi connectivity index (χ3n) is 2.84. The number of carboxylic acid groups (broad SMARTS) is 1. The molecule has 2 atom stereocenters. The lowest BCUT2D eigenvalue weighted by molar-refractivity contribution is -0.141. The molecule has 1 heterocycles. The van der Waals surface area contributed by atoms with Gasteiger partial charge in [-0.3, -0.25) is 4.79 Å². The van der Waals surface area contributed by atoms with Crippen LogP contribution in [-0.2, 0) is 4.79 Å². The molecule has 0 saturated carbocycles. The van der Waals surface area contributed by atoms with Crippen molar-refractivity contribution in [2.75, 3.05) is 13.1 Å². The van der Waals surface area contributed by atoms with E-state index in [4.69, 9.17) is 5.11 Å². The Balaban J connectivity index is 2.30. The maximum atomic E-state index is 13.5. The van der Waals surface area contributed by atoms with E-state index in [-0.39, 0.29) is 11.7 Å². The fourth-order valence-corrected chi connectivity index (χ4v) is 2.04. The van der Waals surface area contributed by atoms with E-state index in [9.17, 15) is 9.18 Å². The van der Waals surface area contributed by atoms with E-state index in [0.29, 0.717) is 18.7 Å². The SMILES string of the molecule is O=C(O)[C@@H]1CNC[C@H]1c1ccccc1F. The molecular formula is C11H12FNO2. The smallest absolute Gasteiger partial charge is 0.308 e. The van der Waals surface area contributed by atoms with Crippen molar-refractivity contribution in [1.29, 1.82) is 0 Å². The lowest BCUT2D eigenvalue weighted by Crippen LogP contribution is -2.21. The maximum absolute atomic E-state index is 13.5. The van der Waals surface area contributed by atoms with Crippen molar-refractivity contribution >= 4 is 5.97 Å². The van der Waals surface area contributed by atoms with Gasteiger partial charge in [-0.1, -0.05) is 18.2 Å². The van der Waals surface area contributed by atoms with Gasteiger partial charge in [0, 0.05) is 19.0 Å². The van der Waals surface area contributed by atoms with Crippen LogP contribution in [0.1, 0.15) is 11.5 Å². The Bertz CT molecular complexity index is 381. The zero-order valence-electron chi connectivity index (χ0n) is 8.11. The lowest BCUT2D eigenvalue weighted by atomic mass is 9.89. The van der Waals surface area contributed by atoms with Gasteiger partial charge in [-0.15, -0.1) is 0 Å². The molecule has 0 amide bonds. The number of nitrogens with one attached hydrogen (secondary N) is 1. The molecule has 1 aliphatic heterocycles. The molecule has 3 nitrogen and oxygen atoms in total. The highest BCUT2D eigenvalue weighted by Crippen LogP contribution is 2.29. The fraction of sp³-hybridized carbons (Fsp3) is 0.364. The minimum Gasteiger partial charge on any atom is -0.481 e. The predicted molar refractivity (Wildman–Crippen MR) is 53.1 cm³/mol. The minimum atomic E-state index is -0.867. The summed E-state index contributed by atoms with van der Waals surface area (Å²) in [6, 6.07) is 6.36. The Kier molecular flexibility index (Phi) is 2.68. The van der Waals surface area contributed by atoms with Gasteiger partial charge in [-0.05, 0) is 11.6 Å². The van der Waals surface area contributed by atoms with Crippen molar-refractivity contribution in [3.05, 3.63) is 35.6 Å². The Hall–Kier alpha value is -1.42. The molecule has 1 aliphatic rings. The van der Waals surface area contributed by atoms with Crippen LogP contribution in [0.15, 0.2) is 24.3 Å². The highest BCUT2D eigenvalue weighted by atomic mass is 19.1. The first-order valence-corrected chi connectivity index (χ1v) is 4.88. The maximum Gasteiger partial charge on any atom is 0.308 e. The summed E-state index contributed by atoms with van der Waals surface area (Å²) in [4.78, 5) is 10.9. The second kappa shape index (κ2) is 3.98. The number of benzene rings is 1. The first-order valence-electron chi connectivity index (χ1n) is 4.88. The van der Waals surface area contributed by atoms with Gasteiger partial charge in [0.1, 0.15) is 5.82 Å². The van der Waals surface area contributed by atoms with E-state index in [1.165, 1.54) is 6.07 Å². The van der Waals surface area contributed by atoms with Gasteiger partial charge in [-0.2, -0.15) is 0 Å². The van der Waals surface area contributed by atoms with E-state index >= 15 is 0 Å². The number of carbonyl (C=O) groups is 1. The highest BCUT2D eigenvalue weighted by molar-refractivity contribution is 5.72. The predicted octanol–water partition coefficient (Wildman–Crippen LogP) is 1.21. The molecule has 1 fully saturated rings. The molecule has 0 bridgehead atoms. The molecule has 0 spiro atoms.